The van der Waals surface area contributed by atoms with E-state index in [0.29, 0.717) is 16.8 Å². The monoisotopic (exact) mass is 450 g/mol. The van der Waals surface area contributed by atoms with Crippen molar-refractivity contribution in [3.05, 3.63) is 83.0 Å². The molecule has 1 aliphatic heterocycles. The molecular formula is C28H26N4O2. The minimum absolute atomic E-state index is 0.218. The van der Waals surface area contributed by atoms with E-state index in [9.17, 15) is 9.59 Å². The van der Waals surface area contributed by atoms with E-state index in [0.717, 1.165) is 40.9 Å². The highest BCUT2D eigenvalue weighted by molar-refractivity contribution is 6.06. The van der Waals surface area contributed by atoms with Gasteiger partial charge in [0.15, 0.2) is 0 Å². The van der Waals surface area contributed by atoms with Gasteiger partial charge in [-0.2, -0.15) is 0 Å². The maximum absolute atomic E-state index is 13.6. The molecule has 1 heterocycles. The largest absolute Gasteiger partial charge is 0.372 e. The number of carbonyl (C=O) groups is 1. The van der Waals surface area contributed by atoms with Crippen molar-refractivity contribution >= 4 is 39.1 Å². The summed E-state index contributed by atoms with van der Waals surface area (Å²) in [5, 5.41) is 4.11. The smallest absolute Gasteiger partial charge is 0.221 e. The van der Waals surface area contributed by atoms with Gasteiger partial charge in [0.1, 0.15) is 11.4 Å². The van der Waals surface area contributed by atoms with Crippen LogP contribution in [0, 0.1) is 0 Å². The summed E-state index contributed by atoms with van der Waals surface area (Å²) in [6.45, 7) is 7.42. The molecule has 6 heteroatoms. The topological polar surface area (TPSA) is 67.2 Å². The van der Waals surface area contributed by atoms with Gasteiger partial charge in [-0.25, -0.2) is 4.98 Å². The van der Waals surface area contributed by atoms with Crippen LogP contribution in [0.2, 0.25) is 0 Å². The third-order valence-corrected chi connectivity index (χ3v) is 6.21. The number of hydrogen-bond donors (Lipinski definition) is 1. The van der Waals surface area contributed by atoms with E-state index in [4.69, 9.17) is 4.98 Å². The molecule has 3 aromatic rings. The molecule has 5 rings (SSSR count). The lowest BCUT2D eigenvalue weighted by Gasteiger charge is -2.25. The molecule has 0 bridgehead atoms. The third kappa shape index (κ3) is 3.48. The van der Waals surface area contributed by atoms with Gasteiger partial charge in [-0.15, -0.1) is 0 Å². The molecule has 0 radical (unpaired) electrons. The Hall–Kier alpha value is -4.19. The molecule has 0 unspecified atom stereocenters. The van der Waals surface area contributed by atoms with Crippen LogP contribution in [-0.2, 0) is 4.79 Å². The van der Waals surface area contributed by atoms with Gasteiger partial charge in [0.05, 0.1) is 16.7 Å². The maximum Gasteiger partial charge on any atom is 0.221 e. The Morgan fingerprint density at radius 1 is 0.941 bits per heavy atom. The molecular weight excluding hydrogens is 424 g/mol. The van der Waals surface area contributed by atoms with E-state index < -0.39 is 0 Å². The number of nitrogens with zero attached hydrogens (tertiary/aromatic N) is 3. The Bertz CT molecular complexity index is 1550. The number of fused-ring (bicyclic) bond motifs is 4. The van der Waals surface area contributed by atoms with E-state index in [1.165, 1.54) is 6.92 Å². The number of anilines is 2. The fourth-order valence-corrected chi connectivity index (χ4v) is 4.66. The van der Waals surface area contributed by atoms with E-state index in [2.05, 4.69) is 36.2 Å². The summed E-state index contributed by atoms with van der Waals surface area (Å²) < 4.78 is 2.05. The van der Waals surface area contributed by atoms with Gasteiger partial charge in [0, 0.05) is 42.2 Å². The number of amides is 1. The molecule has 0 saturated heterocycles. The normalized spacial score (nSPS) is 11.3. The Kier molecular flexibility index (Phi) is 5.49. The van der Waals surface area contributed by atoms with Crippen molar-refractivity contribution in [2.24, 2.45) is 0 Å². The fraction of sp³-hybridized carbons (Fsp3) is 0.179. The predicted molar refractivity (Wildman–Crippen MR) is 139 cm³/mol. The highest BCUT2D eigenvalue weighted by atomic mass is 16.2. The summed E-state index contributed by atoms with van der Waals surface area (Å²) in [4.78, 5) is 33.1. The number of rotatable bonds is 5. The Balaban J connectivity index is 2.03. The molecule has 3 aromatic carbocycles. The first-order valence-corrected chi connectivity index (χ1v) is 11.5. The maximum atomic E-state index is 13.6. The fourth-order valence-electron chi connectivity index (χ4n) is 4.66. The van der Waals surface area contributed by atoms with Gasteiger partial charge in [0.2, 0.25) is 11.3 Å². The van der Waals surface area contributed by atoms with Crippen LogP contribution < -0.4 is 15.6 Å². The molecule has 6 nitrogen and oxygen atoms in total. The van der Waals surface area contributed by atoms with Crippen molar-refractivity contribution in [3.8, 4) is 17.1 Å². The predicted octanol–water partition coefficient (Wildman–Crippen LogP) is 5.45. The van der Waals surface area contributed by atoms with Crippen LogP contribution in [0.15, 0.2) is 77.6 Å². The van der Waals surface area contributed by atoms with E-state index in [-0.39, 0.29) is 17.0 Å². The number of benzene rings is 4. The van der Waals surface area contributed by atoms with Crippen LogP contribution in [0.1, 0.15) is 20.8 Å². The summed E-state index contributed by atoms with van der Waals surface area (Å²) in [6.07, 6.45) is 0. The van der Waals surface area contributed by atoms with Gasteiger partial charge < -0.3 is 14.8 Å². The van der Waals surface area contributed by atoms with Crippen LogP contribution in [-0.4, -0.2) is 28.5 Å². The lowest BCUT2D eigenvalue weighted by Crippen LogP contribution is -2.23. The standard InChI is InChI=1S/C28H26N4O2/c1-4-31(5-2)20-15-16-23-24(17-20)32(19-11-7-6-8-12-19)27-25(30-23)21-13-9-10-14-22(21)28(34)26(27)29-18(3)33/h6-17H,4-5H2,1-3H3,(H,29,33). The second-order valence-electron chi connectivity index (χ2n) is 8.26. The van der Waals surface area contributed by atoms with Crippen molar-refractivity contribution in [1.82, 2.24) is 9.55 Å². The van der Waals surface area contributed by atoms with E-state index in [1.807, 2.05) is 59.2 Å². The number of carbonyl (C=O) groups excluding carboxylic acids is 1. The van der Waals surface area contributed by atoms with Crippen molar-refractivity contribution in [1.29, 1.82) is 0 Å². The minimum Gasteiger partial charge on any atom is -0.372 e. The molecule has 0 fully saturated rings. The SMILES string of the molecule is CCN(CC)c1ccc2nc3c4ccccc4c(=O)c(NC(C)=O)c-3n(-c3ccccc3)c2c1. The number of aromatic nitrogens is 2. The molecule has 0 aromatic heterocycles. The average Bonchev–Trinajstić information content (AvgIpc) is 2.86. The van der Waals surface area contributed by atoms with E-state index in [1.54, 1.807) is 6.07 Å². The average molecular weight is 451 g/mol. The molecule has 0 spiro atoms. The Morgan fingerprint density at radius 2 is 1.62 bits per heavy atom. The van der Waals surface area contributed by atoms with Crippen LogP contribution in [0.25, 0.3) is 38.9 Å². The zero-order valence-corrected chi connectivity index (χ0v) is 19.5. The first kappa shape index (κ1) is 21.6. The summed E-state index contributed by atoms with van der Waals surface area (Å²) >= 11 is 0. The van der Waals surface area contributed by atoms with Gasteiger partial charge in [0.25, 0.3) is 0 Å². The molecule has 170 valence electrons. The Labute approximate surface area is 197 Å². The molecule has 2 aliphatic rings. The minimum atomic E-state index is -0.301. The second kappa shape index (κ2) is 8.63. The van der Waals surface area contributed by atoms with Crippen molar-refractivity contribution < 1.29 is 4.79 Å². The molecule has 34 heavy (non-hydrogen) atoms. The van der Waals surface area contributed by atoms with Gasteiger partial charge >= 0.3 is 0 Å². The lowest BCUT2D eigenvalue weighted by atomic mass is 10.0. The zero-order valence-electron chi connectivity index (χ0n) is 19.5. The molecule has 0 atom stereocenters. The van der Waals surface area contributed by atoms with Gasteiger partial charge in [-0.1, -0.05) is 42.5 Å². The van der Waals surface area contributed by atoms with Crippen LogP contribution in [0.3, 0.4) is 0 Å². The summed E-state index contributed by atoms with van der Waals surface area (Å²) in [5.41, 5.74) is 4.93. The zero-order chi connectivity index (χ0) is 23.8. The molecule has 1 N–H and O–H groups in total. The second-order valence-corrected chi connectivity index (χ2v) is 8.26. The van der Waals surface area contributed by atoms with Gasteiger partial charge in [-0.05, 0) is 44.2 Å². The lowest BCUT2D eigenvalue weighted by molar-refractivity contribution is -0.114. The van der Waals surface area contributed by atoms with Crippen molar-refractivity contribution in [2.45, 2.75) is 20.8 Å². The quantitative estimate of drug-likeness (QED) is 0.286. The van der Waals surface area contributed by atoms with Crippen LogP contribution in [0.5, 0.6) is 0 Å². The van der Waals surface area contributed by atoms with Crippen molar-refractivity contribution in [3.63, 3.8) is 0 Å². The first-order chi connectivity index (χ1) is 16.5. The third-order valence-electron chi connectivity index (χ3n) is 6.21. The van der Waals surface area contributed by atoms with E-state index >= 15 is 0 Å². The highest BCUT2D eigenvalue weighted by Crippen LogP contribution is 2.38. The molecule has 1 amide bonds. The summed E-state index contributed by atoms with van der Waals surface area (Å²) in [6, 6.07) is 23.5. The van der Waals surface area contributed by atoms with Gasteiger partial charge in [-0.3, -0.25) is 9.59 Å². The number of hydrogen-bond acceptors (Lipinski definition) is 4. The van der Waals surface area contributed by atoms with Crippen LogP contribution >= 0.6 is 0 Å². The molecule has 1 aliphatic carbocycles. The summed E-state index contributed by atoms with van der Waals surface area (Å²) in [7, 11) is 0. The first-order valence-electron chi connectivity index (χ1n) is 11.5. The highest BCUT2D eigenvalue weighted by Gasteiger charge is 2.25. The van der Waals surface area contributed by atoms with Crippen LogP contribution in [0.4, 0.5) is 11.4 Å². The van der Waals surface area contributed by atoms with Crippen molar-refractivity contribution in [2.75, 3.05) is 23.3 Å². The Morgan fingerprint density at radius 3 is 2.29 bits per heavy atom. The number of para-hydroxylation sites is 1. The number of nitrogens with one attached hydrogen (secondary N) is 1. The molecule has 0 saturated carbocycles. The summed E-state index contributed by atoms with van der Waals surface area (Å²) in [5.74, 6) is -0.301.